The number of halogens is 2. The van der Waals surface area contributed by atoms with Crippen molar-refractivity contribution in [3.05, 3.63) is 93.5 Å². The molecule has 2 bridgehead atoms. The SMILES string of the molecule is O=C(Nc1cc(Cl)cc(Cl)c1)c1ccc2c(c1)[C@@H]1[C@H]3CC[C@@H](C3)[C@H]1[C@H](c1ccccc1)N2. The zero-order valence-electron chi connectivity index (χ0n) is 17.5. The number of nitrogens with one attached hydrogen (secondary N) is 2. The number of fused-ring (bicyclic) bond motifs is 7. The number of hydrogen-bond acceptors (Lipinski definition) is 2. The first-order valence-electron chi connectivity index (χ1n) is 11.3. The Morgan fingerprint density at radius 3 is 2.44 bits per heavy atom. The molecule has 5 heteroatoms. The van der Waals surface area contributed by atoms with Crippen molar-refractivity contribution in [2.75, 3.05) is 10.6 Å². The van der Waals surface area contributed by atoms with Crippen LogP contribution in [0.2, 0.25) is 10.0 Å². The monoisotopic (exact) mass is 462 g/mol. The molecule has 0 radical (unpaired) electrons. The van der Waals surface area contributed by atoms with Crippen LogP contribution < -0.4 is 10.6 Å². The molecule has 0 spiro atoms. The molecule has 2 N–H and O–H groups in total. The van der Waals surface area contributed by atoms with E-state index in [-0.39, 0.29) is 5.91 Å². The fourth-order valence-corrected chi connectivity index (χ4v) is 6.97. The third-order valence-electron chi connectivity index (χ3n) is 7.63. The van der Waals surface area contributed by atoms with E-state index in [9.17, 15) is 4.79 Å². The lowest BCUT2D eigenvalue weighted by Gasteiger charge is -2.43. The lowest BCUT2D eigenvalue weighted by Crippen LogP contribution is -2.35. The van der Waals surface area contributed by atoms with E-state index in [1.54, 1.807) is 18.2 Å². The van der Waals surface area contributed by atoms with Crippen LogP contribution in [0, 0.1) is 17.8 Å². The summed E-state index contributed by atoms with van der Waals surface area (Å²) in [6, 6.07) is 22.3. The number of rotatable bonds is 3. The van der Waals surface area contributed by atoms with Gasteiger partial charge in [0.15, 0.2) is 0 Å². The number of carbonyl (C=O) groups excluding carboxylic acids is 1. The van der Waals surface area contributed by atoms with Gasteiger partial charge < -0.3 is 10.6 Å². The molecule has 0 aromatic heterocycles. The van der Waals surface area contributed by atoms with Crippen molar-refractivity contribution < 1.29 is 4.79 Å². The number of carbonyl (C=O) groups is 1. The molecule has 2 saturated carbocycles. The molecule has 2 fully saturated rings. The summed E-state index contributed by atoms with van der Waals surface area (Å²) >= 11 is 12.2. The van der Waals surface area contributed by atoms with E-state index in [4.69, 9.17) is 23.2 Å². The van der Waals surface area contributed by atoms with Crippen LogP contribution >= 0.6 is 23.2 Å². The van der Waals surface area contributed by atoms with E-state index in [1.807, 2.05) is 6.07 Å². The van der Waals surface area contributed by atoms with Crippen LogP contribution in [-0.2, 0) is 0 Å². The van der Waals surface area contributed by atoms with Gasteiger partial charge in [-0.1, -0.05) is 53.5 Å². The second-order valence-corrected chi connectivity index (χ2v) is 10.3. The summed E-state index contributed by atoms with van der Waals surface area (Å²) in [5, 5.41) is 7.78. The van der Waals surface area contributed by atoms with Gasteiger partial charge in [-0.15, -0.1) is 0 Å². The molecule has 2 aliphatic carbocycles. The number of hydrogen-bond donors (Lipinski definition) is 2. The molecule has 3 aromatic rings. The van der Waals surface area contributed by atoms with Gasteiger partial charge in [0.2, 0.25) is 0 Å². The second-order valence-electron chi connectivity index (χ2n) is 9.38. The summed E-state index contributed by atoms with van der Waals surface area (Å²) in [7, 11) is 0. The quantitative estimate of drug-likeness (QED) is 0.421. The highest BCUT2D eigenvalue weighted by atomic mass is 35.5. The molecule has 3 nitrogen and oxygen atoms in total. The van der Waals surface area contributed by atoms with Crippen LogP contribution in [0.4, 0.5) is 11.4 Å². The van der Waals surface area contributed by atoms with Crippen molar-refractivity contribution in [1.82, 2.24) is 0 Å². The first-order chi connectivity index (χ1) is 15.6. The van der Waals surface area contributed by atoms with E-state index in [0.29, 0.717) is 45.1 Å². The van der Waals surface area contributed by atoms with E-state index in [2.05, 4.69) is 53.1 Å². The molecule has 32 heavy (non-hydrogen) atoms. The average Bonchev–Trinajstić information content (AvgIpc) is 3.41. The third-order valence-corrected chi connectivity index (χ3v) is 8.06. The molecule has 3 aromatic carbocycles. The van der Waals surface area contributed by atoms with Crippen molar-refractivity contribution in [2.24, 2.45) is 17.8 Å². The summed E-state index contributed by atoms with van der Waals surface area (Å²) in [5.74, 6) is 2.40. The fraction of sp³-hybridized carbons (Fsp3) is 0.296. The largest absolute Gasteiger partial charge is 0.378 e. The highest BCUT2D eigenvalue weighted by Crippen LogP contribution is 2.63. The molecule has 6 rings (SSSR count). The zero-order chi connectivity index (χ0) is 21.8. The van der Waals surface area contributed by atoms with Gasteiger partial charge in [0.1, 0.15) is 0 Å². The highest BCUT2D eigenvalue weighted by Gasteiger charge is 2.53. The molecular formula is C27H24Cl2N2O. The Labute approximate surface area is 198 Å². The fourth-order valence-electron chi connectivity index (χ4n) is 6.45. The zero-order valence-corrected chi connectivity index (χ0v) is 19.0. The van der Waals surface area contributed by atoms with Gasteiger partial charge in [-0.3, -0.25) is 4.79 Å². The number of anilines is 2. The molecule has 1 amide bonds. The van der Waals surface area contributed by atoms with E-state index < -0.39 is 0 Å². The lowest BCUT2D eigenvalue weighted by molar-refractivity contribution is 0.102. The van der Waals surface area contributed by atoms with Gasteiger partial charge in [0, 0.05) is 27.0 Å². The Kier molecular flexibility index (Phi) is 4.93. The van der Waals surface area contributed by atoms with Gasteiger partial charge >= 0.3 is 0 Å². The van der Waals surface area contributed by atoms with Crippen LogP contribution in [-0.4, -0.2) is 5.91 Å². The van der Waals surface area contributed by atoms with Crippen LogP contribution in [0.25, 0.3) is 0 Å². The minimum absolute atomic E-state index is 0.143. The Balaban J connectivity index is 1.34. The van der Waals surface area contributed by atoms with Crippen molar-refractivity contribution in [3.8, 4) is 0 Å². The maximum atomic E-state index is 13.0. The molecule has 0 unspecified atom stereocenters. The average molecular weight is 463 g/mol. The standard InChI is InChI=1S/C27H24Cl2N2O/c28-19-12-20(29)14-21(13-19)30-27(32)18-8-9-23-22(11-18)24-16-6-7-17(10-16)25(24)26(31-23)15-4-2-1-3-5-15/h1-5,8-9,11-14,16-17,24-26,31H,6-7,10H2,(H,30,32)/t16-,17-,24-,25+,26-/m0/s1. The normalized spacial score (nSPS) is 27.4. The molecule has 3 aliphatic rings. The summed E-state index contributed by atoms with van der Waals surface area (Å²) in [4.78, 5) is 13.0. The van der Waals surface area contributed by atoms with Crippen molar-refractivity contribution in [1.29, 1.82) is 0 Å². The van der Waals surface area contributed by atoms with Gasteiger partial charge in [-0.2, -0.15) is 0 Å². The molecular weight excluding hydrogens is 439 g/mol. The predicted octanol–water partition coefficient (Wildman–Crippen LogP) is 7.54. The van der Waals surface area contributed by atoms with Gasteiger partial charge in [-0.05, 0) is 90.5 Å². The summed E-state index contributed by atoms with van der Waals surface area (Å²) in [6.07, 6.45) is 3.92. The number of benzene rings is 3. The van der Waals surface area contributed by atoms with Crippen molar-refractivity contribution >= 4 is 40.5 Å². The van der Waals surface area contributed by atoms with Crippen LogP contribution in [0.1, 0.15) is 52.7 Å². The van der Waals surface area contributed by atoms with Crippen molar-refractivity contribution in [2.45, 2.75) is 31.2 Å². The van der Waals surface area contributed by atoms with Gasteiger partial charge in [0.05, 0.1) is 6.04 Å². The Morgan fingerprint density at radius 1 is 0.906 bits per heavy atom. The van der Waals surface area contributed by atoms with E-state index in [1.165, 1.54) is 30.4 Å². The van der Waals surface area contributed by atoms with Gasteiger partial charge in [0.25, 0.3) is 5.91 Å². The molecule has 5 atom stereocenters. The number of amides is 1. The first-order valence-corrected chi connectivity index (χ1v) is 12.1. The van der Waals surface area contributed by atoms with Crippen LogP contribution in [0.15, 0.2) is 66.7 Å². The minimum atomic E-state index is -0.143. The molecule has 1 heterocycles. The lowest BCUT2D eigenvalue weighted by atomic mass is 9.68. The first kappa shape index (κ1) is 20.1. The third kappa shape index (κ3) is 3.39. The Morgan fingerprint density at radius 2 is 1.66 bits per heavy atom. The predicted molar refractivity (Wildman–Crippen MR) is 131 cm³/mol. The van der Waals surface area contributed by atoms with Crippen LogP contribution in [0.3, 0.4) is 0 Å². The van der Waals surface area contributed by atoms with Crippen LogP contribution in [0.5, 0.6) is 0 Å². The minimum Gasteiger partial charge on any atom is -0.378 e. The summed E-state index contributed by atoms with van der Waals surface area (Å²) < 4.78 is 0. The van der Waals surface area contributed by atoms with Crippen molar-refractivity contribution in [3.63, 3.8) is 0 Å². The second kappa shape index (κ2) is 7.83. The molecule has 1 aliphatic heterocycles. The smallest absolute Gasteiger partial charge is 0.255 e. The van der Waals surface area contributed by atoms with E-state index >= 15 is 0 Å². The topological polar surface area (TPSA) is 41.1 Å². The van der Waals surface area contributed by atoms with E-state index in [0.717, 1.165) is 11.6 Å². The summed E-state index contributed by atoms with van der Waals surface area (Å²) in [5.41, 5.74) is 5.09. The maximum Gasteiger partial charge on any atom is 0.255 e. The maximum absolute atomic E-state index is 13.0. The Hall–Kier alpha value is -2.49. The summed E-state index contributed by atoms with van der Waals surface area (Å²) in [6.45, 7) is 0. The molecule has 0 saturated heterocycles. The highest BCUT2D eigenvalue weighted by molar-refractivity contribution is 6.35. The molecule has 162 valence electrons. The van der Waals surface area contributed by atoms with Gasteiger partial charge in [-0.25, -0.2) is 0 Å². The Bertz CT molecular complexity index is 1180.